The van der Waals surface area contributed by atoms with Crippen LogP contribution in [0.3, 0.4) is 0 Å². The molecule has 2 rings (SSSR count). The summed E-state index contributed by atoms with van der Waals surface area (Å²) >= 11 is 6.26. The third-order valence-corrected chi connectivity index (χ3v) is 3.84. The maximum atomic E-state index is 6.26. The van der Waals surface area contributed by atoms with E-state index < -0.39 is 0 Å². The number of fused-ring (bicyclic) bond motifs is 1. The largest absolute Gasteiger partial charge is 0.326 e. The van der Waals surface area contributed by atoms with Crippen molar-refractivity contribution in [1.82, 2.24) is 9.55 Å². The Labute approximate surface area is 114 Å². The Morgan fingerprint density at radius 2 is 1.83 bits per heavy atom. The minimum atomic E-state index is -0.0586. The van der Waals surface area contributed by atoms with Gasteiger partial charge >= 0.3 is 0 Å². The molecule has 0 fully saturated rings. The fourth-order valence-electron chi connectivity index (χ4n) is 2.09. The summed E-state index contributed by atoms with van der Waals surface area (Å²) in [5.41, 5.74) is 2.23. The van der Waals surface area contributed by atoms with Gasteiger partial charge in [-0.05, 0) is 30.9 Å². The van der Waals surface area contributed by atoms with Crippen molar-refractivity contribution in [3.63, 3.8) is 0 Å². The normalized spacial score (nSPS) is 15.2. The van der Waals surface area contributed by atoms with Crippen LogP contribution in [0.5, 0.6) is 0 Å². The van der Waals surface area contributed by atoms with Gasteiger partial charge in [0.1, 0.15) is 5.82 Å². The van der Waals surface area contributed by atoms with Gasteiger partial charge in [-0.3, -0.25) is 0 Å². The Balaban J connectivity index is 2.48. The van der Waals surface area contributed by atoms with Crippen LogP contribution in [0.4, 0.5) is 0 Å². The second-order valence-electron chi connectivity index (χ2n) is 5.41. The van der Waals surface area contributed by atoms with Crippen LogP contribution < -0.4 is 0 Å². The van der Waals surface area contributed by atoms with Gasteiger partial charge in [0.2, 0.25) is 0 Å². The molecule has 1 aromatic heterocycles. The number of para-hydroxylation sites is 2. The standard InChI is InChI=1S/C15H21ClN2/c1-10(2)11(3)9-18-14-8-6-5-7-13(14)17-15(18)12(4)16/h5-8,10-12H,9H2,1-4H3. The molecule has 98 valence electrons. The molecule has 2 nitrogen and oxygen atoms in total. The number of alkyl halides is 1. The predicted molar refractivity (Wildman–Crippen MR) is 78.0 cm³/mol. The smallest absolute Gasteiger partial charge is 0.127 e. The predicted octanol–water partition coefficient (Wildman–Crippen LogP) is 4.63. The van der Waals surface area contributed by atoms with E-state index >= 15 is 0 Å². The minimum Gasteiger partial charge on any atom is -0.326 e. The van der Waals surface area contributed by atoms with Crippen molar-refractivity contribution in [1.29, 1.82) is 0 Å². The Bertz CT molecular complexity index is 528. The van der Waals surface area contributed by atoms with E-state index in [1.54, 1.807) is 0 Å². The number of benzene rings is 1. The van der Waals surface area contributed by atoms with Gasteiger partial charge < -0.3 is 4.57 Å². The molecule has 3 heteroatoms. The molecule has 0 radical (unpaired) electrons. The lowest BCUT2D eigenvalue weighted by Gasteiger charge is -2.19. The van der Waals surface area contributed by atoms with Crippen molar-refractivity contribution in [3.8, 4) is 0 Å². The van der Waals surface area contributed by atoms with Gasteiger partial charge in [-0.1, -0.05) is 32.9 Å². The summed E-state index contributed by atoms with van der Waals surface area (Å²) in [5.74, 6) is 2.24. The Kier molecular flexibility index (Phi) is 3.96. The molecule has 0 amide bonds. The van der Waals surface area contributed by atoms with E-state index in [2.05, 4.69) is 48.5 Å². The molecule has 0 saturated carbocycles. The van der Waals surface area contributed by atoms with E-state index in [-0.39, 0.29) is 5.38 Å². The monoisotopic (exact) mass is 264 g/mol. The van der Waals surface area contributed by atoms with Crippen molar-refractivity contribution < 1.29 is 0 Å². The highest BCUT2D eigenvalue weighted by atomic mass is 35.5. The number of imidazole rings is 1. The van der Waals surface area contributed by atoms with Gasteiger partial charge in [-0.2, -0.15) is 0 Å². The molecule has 2 unspecified atom stereocenters. The second-order valence-corrected chi connectivity index (χ2v) is 6.06. The van der Waals surface area contributed by atoms with Gasteiger partial charge in [0.15, 0.2) is 0 Å². The van der Waals surface area contributed by atoms with Crippen molar-refractivity contribution >= 4 is 22.6 Å². The molecule has 1 aromatic carbocycles. The van der Waals surface area contributed by atoms with Gasteiger partial charge in [0.05, 0.1) is 16.4 Å². The molecule has 1 heterocycles. The molecule has 18 heavy (non-hydrogen) atoms. The lowest BCUT2D eigenvalue weighted by molar-refractivity contribution is 0.364. The number of aromatic nitrogens is 2. The first kappa shape index (κ1) is 13.4. The zero-order valence-corrected chi connectivity index (χ0v) is 12.3. The van der Waals surface area contributed by atoms with Crippen molar-refractivity contribution in [3.05, 3.63) is 30.1 Å². The molecule has 2 atom stereocenters. The van der Waals surface area contributed by atoms with Crippen LogP contribution in [-0.2, 0) is 6.54 Å². The highest BCUT2D eigenvalue weighted by Gasteiger charge is 2.17. The van der Waals surface area contributed by atoms with E-state index in [1.165, 1.54) is 5.52 Å². The fourth-order valence-corrected chi connectivity index (χ4v) is 2.26. The molecular formula is C15H21ClN2. The van der Waals surface area contributed by atoms with Crippen LogP contribution in [0, 0.1) is 11.8 Å². The maximum absolute atomic E-state index is 6.26. The molecule has 0 saturated heterocycles. The van der Waals surface area contributed by atoms with Gasteiger partial charge in [-0.15, -0.1) is 11.6 Å². The van der Waals surface area contributed by atoms with Crippen LogP contribution in [0.25, 0.3) is 11.0 Å². The molecule has 0 aliphatic carbocycles. The maximum Gasteiger partial charge on any atom is 0.127 e. The Morgan fingerprint density at radius 1 is 1.17 bits per heavy atom. The molecule has 0 spiro atoms. The van der Waals surface area contributed by atoms with Crippen LogP contribution in [0.2, 0.25) is 0 Å². The summed E-state index contributed by atoms with van der Waals surface area (Å²) in [5, 5.41) is -0.0586. The summed E-state index contributed by atoms with van der Waals surface area (Å²) < 4.78 is 2.28. The SMILES string of the molecule is CC(Cl)c1nc2ccccc2n1CC(C)C(C)C. The molecular weight excluding hydrogens is 244 g/mol. The number of hydrogen-bond donors (Lipinski definition) is 0. The highest BCUT2D eigenvalue weighted by Crippen LogP contribution is 2.26. The fraction of sp³-hybridized carbons (Fsp3) is 0.533. The lowest BCUT2D eigenvalue weighted by Crippen LogP contribution is -2.15. The average molecular weight is 265 g/mol. The van der Waals surface area contributed by atoms with Crippen molar-refractivity contribution in [2.45, 2.75) is 39.6 Å². The molecule has 2 aromatic rings. The van der Waals surface area contributed by atoms with E-state index in [9.17, 15) is 0 Å². The first-order chi connectivity index (χ1) is 8.50. The second kappa shape index (κ2) is 5.31. The van der Waals surface area contributed by atoms with Crippen LogP contribution >= 0.6 is 11.6 Å². The summed E-state index contributed by atoms with van der Waals surface area (Å²) in [6, 6.07) is 8.25. The van der Waals surface area contributed by atoms with Crippen LogP contribution in [0.15, 0.2) is 24.3 Å². The molecule has 0 aliphatic rings. The van der Waals surface area contributed by atoms with Crippen LogP contribution in [-0.4, -0.2) is 9.55 Å². The van der Waals surface area contributed by atoms with Crippen LogP contribution in [0.1, 0.15) is 38.9 Å². The van der Waals surface area contributed by atoms with E-state index in [0.717, 1.165) is 17.9 Å². The summed E-state index contributed by atoms with van der Waals surface area (Å²) in [6.45, 7) is 9.76. The Hall–Kier alpha value is -1.02. The molecule has 0 bridgehead atoms. The first-order valence-electron chi connectivity index (χ1n) is 6.60. The third-order valence-electron chi connectivity index (χ3n) is 3.65. The minimum absolute atomic E-state index is 0.0586. The zero-order valence-electron chi connectivity index (χ0n) is 11.5. The van der Waals surface area contributed by atoms with Gasteiger partial charge in [0.25, 0.3) is 0 Å². The summed E-state index contributed by atoms with van der Waals surface area (Å²) in [6.07, 6.45) is 0. The zero-order chi connectivity index (χ0) is 13.3. The number of rotatable bonds is 4. The third kappa shape index (κ3) is 2.54. The number of hydrogen-bond acceptors (Lipinski definition) is 1. The Morgan fingerprint density at radius 3 is 2.44 bits per heavy atom. The molecule has 0 N–H and O–H groups in total. The number of nitrogens with zero attached hydrogens (tertiary/aromatic N) is 2. The first-order valence-corrected chi connectivity index (χ1v) is 7.03. The quantitative estimate of drug-likeness (QED) is 0.737. The van der Waals surface area contributed by atoms with E-state index in [1.807, 2.05) is 13.0 Å². The van der Waals surface area contributed by atoms with E-state index in [4.69, 9.17) is 11.6 Å². The van der Waals surface area contributed by atoms with Crippen molar-refractivity contribution in [2.75, 3.05) is 0 Å². The van der Waals surface area contributed by atoms with Crippen molar-refractivity contribution in [2.24, 2.45) is 11.8 Å². The van der Waals surface area contributed by atoms with Gasteiger partial charge in [-0.25, -0.2) is 4.98 Å². The van der Waals surface area contributed by atoms with Gasteiger partial charge in [0, 0.05) is 6.54 Å². The highest BCUT2D eigenvalue weighted by molar-refractivity contribution is 6.20. The molecule has 0 aliphatic heterocycles. The topological polar surface area (TPSA) is 17.8 Å². The number of halogens is 1. The summed E-state index contributed by atoms with van der Waals surface area (Å²) in [4.78, 5) is 4.66. The lowest BCUT2D eigenvalue weighted by atomic mass is 9.98. The summed E-state index contributed by atoms with van der Waals surface area (Å²) in [7, 11) is 0. The van der Waals surface area contributed by atoms with E-state index in [0.29, 0.717) is 11.8 Å². The average Bonchev–Trinajstić information content (AvgIpc) is 2.68.